The van der Waals surface area contributed by atoms with Crippen LogP contribution in [-0.4, -0.2) is 52.5 Å². The zero-order valence-corrected chi connectivity index (χ0v) is 13.5. The zero-order valence-electron chi connectivity index (χ0n) is 11.8. The number of amides is 1. The smallest absolute Gasteiger partial charge is 0.317 e. The van der Waals surface area contributed by atoms with Crippen molar-refractivity contribution in [3.05, 3.63) is 16.6 Å². The summed E-state index contributed by atoms with van der Waals surface area (Å²) in [5, 5.41) is 13.6. The molecule has 21 heavy (non-hydrogen) atoms. The average Bonchev–Trinajstić information content (AvgIpc) is 3.00. The summed E-state index contributed by atoms with van der Waals surface area (Å²) < 4.78 is 0. The Balaban J connectivity index is 0.00000220. The summed E-state index contributed by atoms with van der Waals surface area (Å²) in [5.74, 6) is -0.691. The number of nitrogens with zero attached hydrogens (tertiary/aromatic N) is 2. The molecule has 0 bridgehead atoms. The van der Waals surface area contributed by atoms with Gasteiger partial charge >= 0.3 is 5.97 Å². The van der Waals surface area contributed by atoms with Gasteiger partial charge in [-0.1, -0.05) is 13.3 Å². The fourth-order valence-corrected chi connectivity index (χ4v) is 3.21. The highest BCUT2D eigenvalue weighted by Crippen LogP contribution is 2.22. The number of nitrogens with one attached hydrogen (secondary N) is 1. The maximum Gasteiger partial charge on any atom is 0.317 e. The van der Waals surface area contributed by atoms with Gasteiger partial charge in [0, 0.05) is 24.5 Å². The molecule has 0 unspecified atom stereocenters. The molecule has 0 aliphatic carbocycles. The second-order valence-corrected chi connectivity index (χ2v) is 5.81. The molecule has 0 saturated carbocycles. The van der Waals surface area contributed by atoms with E-state index in [9.17, 15) is 9.59 Å². The van der Waals surface area contributed by atoms with Gasteiger partial charge in [-0.05, 0) is 12.3 Å². The minimum absolute atomic E-state index is 0. The number of hydrogen-bond donors (Lipinski definition) is 2. The fourth-order valence-electron chi connectivity index (χ4n) is 2.67. The predicted molar refractivity (Wildman–Crippen MR) is 83.1 cm³/mol. The van der Waals surface area contributed by atoms with Crippen LogP contribution in [0.15, 0.2) is 10.9 Å². The number of thiazole rings is 1. The van der Waals surface area contributed by atoms with Crippen LogP contribution in [0.3, 0.4) is 0 Å². The molecule has 1 aliphatic heterocycles. The highest BCUT2D eigenvalue weighted by atomic mass is 35.5. The van der Waals surface area contributed by atoms with Crippen molar-refractivity contribution in [1.29, 1.82) is 0 Å². The predicted octanol–water partition coefficient (Wildman–Crippen LogP) is 1.48. The second kappa shape index (κ2) is 8.31. The number of carbonyl (C=O) groups excluding carboxylic acids is 1. The number of likely N-dealkylation sites (tertiary alicyclic amines) is 1. The maximum atomic E-state index is 12.0. The summed E-state index contributed by atoms with van der Waals surface area (Å²) in [6, 6.07) is 0.00324. The van der Waals surface area contributed by atoms with Crippen LogP contribution in [0.4, 0.5) is 0 Å². The molecule has 0 radical (unpaired) electrons. The normalized spacial score (nSPS) is 21.8. The molecule has 2 atom stereocenters. The van der Waals surface area contributed by atoms with Crippen LogP contribution in [0.1, 0.15) is 30.3 Å². The molecule has 1 aromatic heterocycles. The van der Waals surface area contributed by atoms with Crippen LogP contribution in [0.5, 0.6) is 0 Å². The standard InChI is InChI=1S/C13H19N3O3S.ClH/c1-2-3-9-4-16(6-12(17)18)5-10(9)15-13(19)11-7-20-8-14-11;/h7-10H,2-6H2,1H3,(H,15,19)(H,17,18);1H/t9-,10-;/m0./s1. The van der Waals surface area contributed by atoms with E-state index in [0.717, 1.165) is 19.4 Å². The Hall–Kier alpha value is -1.18. The SMILES string of the molecule is CCC[C@H]1CN(CC(=O)O)C[C@@H]1NC(=O)c1cscn1.Cl. The van der Waals surface area contributed by atoms with E-state index >= 15 is 0 Å². The molecule has 0 aromatic carbocycles. The first-order chi connectivity index (χ1) is 9.60. The summed E-state index contributed by atoms with van der Waals surface area (Å²) in [6.45, 7) is 3.44. The zero-order chi connectivity index (χ0) is 14.5. The maximum absolute atomic E-state index is 12.0. The van der Waals surface area contributed by atoms with Gasteiger partial charge in [0.15, 0.2) is 0 Å². The Morgan fingerprint density at radius 1 is 1.52 bits per heavy atom. The quantitative estimate of drug-likeness (QED) is 0.824. The number of aromatic nitrogens is 1. The molecule has 1 fully saturated rings. The largest absolute Gasteiger partial charge is 0.480 e. The summed E-state index contributed by atoms with van der Waals surface area (Å²) in [5.41, 5.74) is 2.06. The van der Waals surface area contributed by atoms with Crippen LogP contribution in [-0.2, 0) is 4.79 Å². The Morgan fingerprint density at radius 3 is 2.86 bits per heavy atom. The minimum Gasteiger partial charge on any atom is -0.480 e. The van der Waals surface area contributed by atoms with Crippen molar-refractivity contribution in [2.24, 2.45) is 5.92 Å². The molecule has 2 N–H and O–H groups in total. The van der Waals surface area contributed by atoms with Gasteiger partial charge in [0.1, 0.15) is 5.69 Å². The second-order valence-electron chi connectivity index (χ2n) is 5.09. The van der Waals surface area contributed by atoms with Gasteiger partial charge in [-0.15, -0.1) is 23.7 Å². The molecule has 2 rings (SSSR count). The van der Waals surface area contributed by atoms with Crippen LogP contribution in [0.2, 0.25) is 0 Å². The van der Waals surface area contributed by atoms with Gasteiger partial charge in [-0.2, -0.15) is 0 Å². The van der Waals surface area contributed by atoms with Crippen molar-refractivity contribution in [1.82, 2.24) is 15.2 Å². The minimum atomic E-state index is -0.827. The fraction of sp³-hybridized carbons (Fsp3) is 0.615. The molecular weight excluding hydrogens is 314 g/mol. The lowest BCUT2D eigenvalue weighted by atomic mass is 9.98. The lowest BCUT2D eigenvalue weighted by Crippen LogP contribution is -2.41. The third-order valence-electron chi connectivity index (χ3n) is 3.52. The van der Waals surface area contributed by atoms with Gasteiger partial charge in [0.25, 0.3) is 5.91 Å². The molecule has 8 heteroatoms. The Labute approximate surface area is 134 Å². The summed E-state index contributed by atoms with van der Waals surface area (Å²) in [4.78, 5) is 28.7. The van der Waals surface area contributed by atoms with Crippen molar-refractivity contribution in [3.8, 4) is 0 Å². The lowest BCUT2D eigenvalue weighted by molar-refractivity contribution is -0.138. The van der Waals surface area contributed by atoms with Gasteiger partial charge in [0.05, 0.1) is 12.1 Å². The molecule has 1 saturated heterocycles. The molecule has 118 valence electrons. The van der Waals surface area contributed by atoms with E-state index in [1.807, 2.05) is 4.90 Å². The van der Waals surface area contributed by atoms with E-state index in [0.29, 0.717) is 18.2 Å². The van der Waals surface area contributed by atoms with Crippen LogP contribution < -0.4 is 5.32 Å². The Kier molecular flexibility index (Phi) is 7.07. The highest BCUT2D eigenvalue weighted by molar-refractivity contribution is 7.07. The number of carbonyl (C=O) groups is 2. The van der Waals surface area contributed by atoms with E-state index in [4.69, 9.17) is 5.11 Å². The Morgan fingerprint density at radius 2 is 2.29 bits per heavy atom. The number of carboxylic acids is 1. The molecular formula is C13H20ClN3O3S. The first-order valence-corrected chi connectivity index (χ1v) is 7.67. The number of halogens is 1. The van der Waals surface area contributed by atoms with Crippen molar-refractivity contribution < 1.29 is 14.7 Å². The topological polar surface area (TPSA) is 82.5 Å². The van der Waals surface area contributed by atoms with E-state index in [-0.39, 0.29) is 30.9 Å². The van der Waals surface area contributed by atoms with Gasteiger partial charge in [-0.25, -0.2) is 4.98 Å². The molecule has 0 spiro atoms. The summed E-state index contributed by atoms with van der Waals surface area (Å²) in [6.07, 6.45) is 2.01. The van der Waals surface area contributed by atoms with E-state index in [1.165, 1.54) is 11.3 Å². The van der Waals surface area contributed by atoms with Crippen molar-refractivity contribution in [2.45, 2.75) is 25.8 Å². The Bertz CT molecular complexity index is 469. The molecule has 1 amide bonds. The van der Waals surface area contributed by atoms with E-state index < -0.39 is 5.97 Å². The van der Waals surface area contributed by atoms with Gasteiger partial charge in [-0.3, -0.25) is 14.5 Å². The van der Waals surface area contributed by atoms with Crippen LogP contribution in [0.25, 0.3) is 0 Å². The average molecular weight is 334 g/mol. The summed E-state index contributed by atoms with van der Waals surface area (Å²) >= 11 is 1.39. The van der Waals surface area contributed by atoms with Crippen LogP contribution >= 0.6 is 23.7 Å². The van der Waals surface area contributed by atoms with Crippen molar-refractivity contribution >= 4 is 35.6 Å². The molecule has 1 aromatic rings. The van der Waals surface area contributed by atoms with Gasteiger partial charge < -0.3 is 10.4 Å². The number of aliphatic carboxylic acids is 1. The summed E-state index contributed by atoms with van der Waals surface area (Å²) in [7, 11) is 0. The third-order valence-corrected chi connectivity index (χ3v) is 4.10. The molecule has 2 heterocycles. The first kappa shape index (κ1) is 17.9. The third kappa shape index (κ3) is 4.94. The number of carboxylic acid groups (broad SMARTS) is 1. The van der Waals surface area contributed by atoms with Crippen LogP contribution in [0, 0.1) is 5.92 Å². The lowest BCUT2D eigenvalue weighted by Gasteiger charge is -2.18. The molecule has 1 aliphatic rings. The van der Waals surface area contributed by atoms with E-state index in [2.05, 4.69) is 17.2 Å². The van der Waals surface area contributed by atoms with Crippen molar-refractivity contribution in [3.63, 3.8) is 0 Å². The number of rotatable bonds is 6. The highest BCUT2D eigenvalue weighted by Gasteiger charge is 2.34. The van der Waals surface area contributed by atoms with Gasteiger partial charge in [0.2, 0.25) is 0 Å². The van der Waals surface area contributed by atoms with Crippen molar-refractivity contribution in [2.75, 3.05) is 19.6 Å². The first-order valence-electron chi connectivity index (χ1n) is 6.73. The number of hydrogen-bond acceptors (Lipinski definition) is 5. The molecule has 6 nitrogen and oxygen atoms in total. The monoisotopic (exact) mass is 333 g/mol. The van der Waals surface area contributed by atoms with E-state index in [1.54, 1.807) is 10.9 Å².